The zero-order chi connectivity index (χ0) is 19.2. The van der Waals surface area contributed by atoms with E-state index in [2.05, 4.69) is 19.2 Å². The normalized spacial score (nSPS) is 18.7. The van der Waals surface area contributed by atoms with E-state index in [0.717, 1.165) is 24.2 Å². The lowest BCUT2D eigenvalue weighted by Crippen LogP contribution is -2.46. The lowest BCUT2D eigenvalue weighted by atomic mass is 9.99. The Morgan fingerprint density at radius 1 is 1.35 bits per heavy atom. The van der Waals surface area contributed by atoms with Crippen LogP contribution in [0.5, 0.6) is 5.75 Å². The molecule has 2 rings (SSSR count). The number of sulfonamides is 1. The Hall–Kier alpha value is -1.60. The first kappa shape index (κ1) is 20.7. The Balaban J connectivity index is 1.80. The van der Waals surface area contributed by atoms with Crippen LogP contribution in [0.4, 0.5) is 0 Å². The molecule has 1 N–H and O–H groups in total. The molecular weight excluding hydrogens is 352 g/mol. The summed E-state index contributed by atoms with van der Waals surface area (Å²) < 4.78 is 31.3. The maximum absolute atomic E-state index is 12.4. The smallest absolute Gasteiger partial charge is 0.224 e. The molecule has 0 radical (unpaired) electrons. The van der Waals surface area contributed by atoms with Crippen LogP contribution in [-0.2, 0) is 14.8 Å². The van der Waals surface area contributed by atoms with Crippen molar-refractivity contribution in [2.75, 3.05) is 32.0 Å². The quantitative estimate of drug-likeness (QED) is 0.701. The molecule has 1 aliphatic rings. The van der Waals surface area contributed by atoms with Crippen molar-refractivity contribution < 1.29 is 17.9 Å². The van der Waals surface area contributed by atoms with Gasteiger partial charge in [-0.1, -0.05) is 32.0 Å². The number of carbonyl (C=O) groups is 1. The fourth-order valence-electron chi connectivity index (χ4n) is 3.16. The van der Waals surface area contributed by atoms with E-state index in [1.54, 1.807) is 6.92 Å². The third kappa shape index (κ3) is 5.45. The summed E-state index contributed by atoms with van der Waals surface area (Å²) in [5, 5.41) is 2.88. The molecule has 1 aromatic rings. The van der Waals surface area contributed by atoms with Crippen LogP contribution < -0.4 is 10.1 Å². The molecule has 1 amide bonds. The molecule has 0 bridgehead atoms. The molecule has 26 heavy (non-hydrogen) atoms. The minimum atomic E-state index is -3.23. The van der Waals surface area contributed by atoms with Gasteiger partial charge in [-0.05, 0) is 37.3 Å². The van der Waals surface area contributed by atoms with Gasteiger partial charge >= 0.3 is 0 Å². The van der Waals surface area contributed by atoms with Crippen molar-refractivity contribution in [1.82, 2.24) is 9.62 Å². The van der Waals surface area contributed by atoms with Crippen molar-refractivity contribution in [3.63, 3.8) is 0 Å². The summed E-state index contributed by atoms with van der Waals surface area (Å²) in [6, 6.07) is 7.91. The highest BCUT2D eigenvalue weighted by Gasteiger charge is 2.31. The molecule has 0 aromatic heterocycles. The Bertz CT molecular complexity index is 703. The first-order valence-electron chi connectivity index (χ1n) is 9.32. The van der Waals surface area contributed by atoms with Crippen molar-refractivity contribution in [1.29, 1.82) is 0 Å². The number of benzene rings is 1. The number of hydrogen-bond acceptors (Lipinski definition) is 4. The number of hydrogen-bond donors (Lipinski definition) is 1. The Labute approximate surface area is 157 Å². The van der Waals surface area contributed by atoms with Gasteiger partial charge in [0.15, 0.2) is 0 Å². The number of amides is 1. The second-order valence-corrected chi connectivity index (χ2v) is 9.19. The van der Waals surface area contributed by atoms with E-state index in [0.29, 0.717) is 25.6 Å². The topological polar surface area (TPSA) is 75.7 Å². The average molecular weight is 383 g/mol. The highest BCUT2D eigenvalue weighted by Crippen LogP contribution is 2.25. The summed E-state index contributed by atoms with van der Waals surface area (Å²) in [5.74, 6) is 0.906. The number of carbonyl (C=O) groups excluding carboxylic acids is 1. The van der Waals surface area contributed by atoms with E-state index in [9.17, 15) is 13.2 Å². The summed E-state index contributed by atoms with van der Waals surface area (Å²) in [7, 11) is -3.23. The summed E-state index contributed by atoms with van der Waals surface area (Å²) >= 11 is 0. The molecule has 1 heterocycles. The zero-order valence-electron chi connectivity index (χ0n) is 15.9. The van der Waals surface area contributed by atoms with Gasteiger partial charge in [0.2, 0.25) is 15.9 Å². The average Bonchev–Trinajstić information content (AvgIpc) is 2.65. The number of nitrogens with zero attached hydrogens (tertiary/aromatic N) is 1. The monoisotopic (exact) mass is 382 g/mol. The molecule has 1 aliphatic heterocycles. The summed E-state index contributed by atoms with van der Waals surface area (Å²) in [5.41, 5.74) is 1.14. The van der Waals surface area contributed by atoms with Crippen LogP contribution in [0, 0.1) is 5.92 Å². The van der Waals surface area contributed by atoms with Crippen LogP contribution in [-0.4, -0.2) is 50.6 Å². The Morgan fingerprint density at radius 3 is 2.77 bits per heavy atom. The molecule has 1 aromatic carbocycles. The number of para-hydroxylation sites is 1. The number of ether oxygens (including phenoxy) is 1. The fraction of sp³-hybridized carbons (Fsp3) is 0.632. The van der Waals surface area contributed by atoms with Crippen LogP contribution >= 0.6 is 0 Å². The lowest BCUT2D eigenvalue weighted by Gasteiger charge is -2.30. The molecule has 1 atom stereocenters. The largest absolute Gasteiger partial charge is 0.491 e. The van der Waals surface area contributed by atoms with Crippen LogP contribution in [0.2, 0.25) is 0 Å². The highest BCUT2D eigenvalue weighted by atomic mass is 32.2. The van der Waals surface area contributed by atoms with Gasteiger partial charge in [-0.3, -0.25) is 4.79 Å². The molecule has 0 spiro atoms. The van der Waals surface area contributed by atoms with Gasteiger partial charge in [0, 0.05) is 13.1 Å². The summed E-state index contributed by atoms with van der Waals surface area (Å²) in [4.78, 5) is 12.4. The van der Waals surface area contributed by atoms with Crippen LogP contribution in [0.1, 0.15) is 45.1 Å². The molecule has 1 unspecified atom stereocenters. The standard InChI is InChI=1S/C19H30N2O4S/c1-4-26(23,24)21-12-7-8-16(14-21)19(22)20-11-13-25-18-10-6-5-9-17(18)15(2)3/h5-6,9-10,15-16H,4,7-8,11-14H2,1-3H3,(H,20,22). The van der Waals surface area contributed by atoms with Crippen LogP contribution in [0.15, 0.2) is 24.3 Å². The maximum Gasteiger partial charge on any atom is 0.224 e. The van der Waals surface area contributed by atoms with Crippen molar-refractivity contribution in [2.45, 2.75) is 39.5 Å². The zero-order valence-corrected chi connectivity index (χ0v) is 16.7. The van der Waals surface area contributed by atoms with Crippen molar-refractivity contribution in [3.05, 3.63) is 29.8 Å². The van der Waals surface area contributed by atoms with Crippen molar-refractivity contribution in [3.8, 4) is 5.75 Å². The van der Waals surface area contributed by atoms with Gasteiger partial charge in [-0.2, -0.15) is 0 Å². The van der Waals surface area contributed by atoms with Gasteiger partial charge in [0.05, 0.1) is 18.2 Å². The first-order valence-corrected chi connectivity index (χ1v) is 10.9. The third-order valence-corrected chi connectivity index (χ3v) is 6.56. The van der Waals surface area contributed by atoms with Crippen molar-refractivity contribution in [2.24, 2.45) is 5.92 Å². The highest BCUT2D eigenvalue weighted by molar-refractivity contribution is 7.89. The lowest BCUT2D eigenvalue weighted by molar-refractivity contribution is -0.126. The predicted octanol–water partition coefficient (Wildman–Crippen LogP) is 2.37. The van der Waals surface area contributed by atoms with Crippen LogP contribution in [0.3, 0.4) is 0 Å². The molecule has 6 nitrogen and oxygen atoms in total. The fourth-order valence-corrected chi connectivity index (χ4v) is 4.34. The van der Waals surface area contributed by atoms with Gasteiger partial charge in [-0.15, -0.1) is 0 Å². The molecule has 7 heteroatoms. The van der Waals surface area contributed by atoms with E-state index in [1.807, 2.05) is 24.3 Å². The Kier molecular flexibility index (Phi) is 7.46. The minimum absolute atomic E-state index is 0.0738. The van der Waals surface area contributed by atoms with Crippen LogP contribution in [0.25, 0.3) is 0 Å². The van der Waals surface area contributed by atoms with E-state index in [4.69, 9.17) is 4.74 Å². The summed E-state index contributed by atoms with van der Waals surface area (Å²) in [6.07, 6.45) is 1.44. The van der Waals surface area contributed by atoms with Gasteiger partial charge < -0.3 is 10.1 Å². The number of nitrogens with one attached hydrogen (secondary N) is 1. The SMILES string of the molecule is CCS(=O)(=O)N1CCCC(C(=O)NCCOc2ccccc2C(C)C)C1. The molecule has 146 valence electrons. The van der Waals surface area contributed by atoms with Gasteiger partial charge in [-0.25, -0.2) is 12.7 Å². The molecular formula is C19H30N2O4S. The molecule has 1 saturated heterocycles. The first-order chi connectivity index (χ1) is 12.3. The summed E-state index contributed by atoms with van der Waals surface area (Å²) in [6.45, 7) is 7.44. The second-order valence-electron chi connectivity index (χ2n) is 6.93. The molecule has 0 saturated carbocycles. The maximum atomic E-state index is 12.4. The van der Waals surface area contributed by atoms with E-state index >= 15 is 0 Å². The minimum Gasteiger partial charge on any atom is -0.491 e. The Morgan fingerprint density at radius 2 is 2.08 bits per heavy atom. The second kappa shape index (κ2) is 9.37. The van der Waals surface area contributed by atoms with E-state index < -0.39 is 10.0 Å². The third-order valence-electron chi connectivity index (χ3n) is 4.71. The van der Waals surface area contributed by atoms with Crippen molar-refractivity contribution >= 4 is 15.9 Å². The van der Waals surface area contributed by atoms with E-state index in [1.165, 1.54) is 4.31 Å². The van der Waals surface area contributed by atoms with E-state index in [-0.39, 0.29) is 24.1 Å². The number of piperidine rings is 1. The molecule has 0 aliphatic carbocycles. The predicted molar refractivity (Wildman–Crippen MR) is 103 cm³/mol. The molecule has 1 fully saturated rings. The number of rotatable bonds is 8. The van der Waals surface area contributed by atoms with Gasteiger partial charge in [0.1, 0.15) is 12.4 Å². The van der Waals surface area contributed by atoms with Gasteiger partial charge in [0.25, 0.3) is 0 Å².